The van der Waals surface area contributed by atoms with Gasteiger partial charge in [0.25, 0.3) is 5.91 Å². The van der Waals surface area contributed by atoms with E-state index in [0.29, 0.717) is 0 Å². The van der Waals surface area contributed by atoms with Crippen LogP contribution in [0.1, 0.15) is 0 Å². The number of amides is 3. The van der Waals surface area contributed by atoms with Crippen molar-refractivity contribution in [1.29, 1.82) is 0 Å². The van der Waals surface area contributed by atoms with Crippen molar-refractivity contribution in [3.63, 3.8) is 0 Å². The van der Waals surface area contributed by atoms with E-state index in [9.17, 15) is 18.9 Å². The molecule has 3 amide bonds. The summed E-state index contributed by atoms with van der Waals surface area (Å²) in [6.07, 6.45) is 0. The van der Waals surface area contributed by atoms with Crippen LogP contribution in [0, 0.1) is 0 Å². The Morgan fingerprint density at radius 1 is 1.47 bits per heavy atom. The number of imide groups is 1. The van der Waals surface area contributed by atoms with E-state index in [0.717, 1.165) is 0 Å². The number of rotatable bonds is 2. The van der Waals surface area contributed by atoms with Gasteiger partial charge < -0.3 is 14.6 Å². The summed E-state index contributed by atoms with van der Waals surface area (Å²) >= 11 is 0. The molecule has 1 heterocycles. The number of hydroxylamine groups is 2. The Morgan fingerprint density at radius 2 is 2.00 bits per heavy atom. The van der Waals surface area contributed by atoms with Gasteiger partial charge in [0, 0.05) is 0 Å². The van der Waals surface area contributed by atoms with Crippen LogP contribution in [-0.2, 0) is 14.2 Å². The molecule has 0 bridgehead atoms. The van der Waals surface area contributed by atoms with Gasteiger partial charge >= 0.3 is 48.9 Å². The van der Waals surface area contributed by atoms with Crippen LogP contribution in [-0.4, -0.2) is 68.6 Å². The van der Waals surface area contributed by atoms with Gasteiger partial charge in [-0.25, -0.2) is 14.2 Å². The fourth-order valence-corrected chi connectivity index (χ4v) is 0.849. The summed E-state index contributed by atoms with van der Waals surface area (Å²) in [5, 5.41) is 1.97. The van der Waals surface area contributed by atoms with Crippen molar-refractivity contribution in [3.8, 4) is 0 Å². The molecule has 3 N–H and O–H groups in total. The molecule has 0 saturated carbocycles. The third-order valence-electron chi connectivity index (χ3n) is 1.19. The molecule has 1 aliphatic rings. The van der Waals surface area contributed by atoms with Crippen molar-refractivity contribution in [1.82, 2.24) is 10.4 Å². The molecule has 0 radical (unpaired) electrons. The zero-order valence-electron chi connectivity index (χ0n) is 6.54. The molecule has 0 atom stereocenters. The average molecular weight is 248 g/mol. The number of carbonyl (C=O) groups is 3. The molecule has 0 spiro atoms. The van der Waals surface area contributed by atoms with Gasteiger partial charge in [-0.1, -0.05) is 0 Å². The number of hydrogen-bond donors (Lipinski definition) is 3. The molecular formula is C4H6N2NaO7P. The predicted octanol–water partition coefficient (Wildman–Crippen LogP) is -1.88. The molecule has 15 heavy (non-hydrogen) atoms. The molecule has 9 nitrogen and oxygen atoms in total. The normalized spacial score (nSPS) is 15.7. The Hall–Kier alpha value is -0.440. The molecule has 11 heteroatoms. The van der Waals surface area contributed by atoms with Crippen molar-refractivity contribution in [2.75, 3.05) is 6.54 Å². The van der Waals surface area contributed by atoms with E-state index in [4.69, 9.17) is 9.79 Å². The van der Waals surface area contributed by atoms with Gasteiger partial charge in [0.05, 0.1) is 0 Å². The summed E-state index contributed by atoms with van der Waals surface area (Å²) in [7, 11) is -5.05. The van der Waals surface area contributed by atoms with Crippen molar-refractivity contribution in [3.05, 3.63) is 0 Å². The summed E-state index contributed by atoms with van der Waals surface area (Å²) in [5.74, 6) is -0.728. The summed E-state index contributed by atoms with van der Waals surface area (Å²) in [5.41, 5.74) is -1.89. The maximum absolute atomic E-state index is 10.7. The van der Waals surface area contributed by atoms with E-state index >= 15 is 0 Å². The van der Waals surface area contributed by atoms with E-state index < -0.39 is 31.8 Å². The zero-order chi connectivity index (χ0) is 10.9. The van der Waals surface area contributed by atoms with E-state index in [1.165, 1.54) is 0 Å². The molecule has 0 aliphatic carbocycles. The Bertz CT molecular complexity index is 351. The van der Waals surface area contributed by atoms with Gasteiger partial charge in [0.2, 0.25) is 0 Å². The topological polar surface area (TPSA) is 133 Å². The molecule has 0 aromatic heterocycles. The molecule has 80 valence electrons. The minimum atomic E-state index is -5.05. The van der Waals surface area contributed by atoms with E-state index in [1.54, 1.807) is 5.32 Å². The third kappa shape index (κ3) is 3.90. The van der Waals surface area contributed by atoms with Crippen LogP contribution in [0.5, 0.6) is 0 Å². The SMILES string of the molecule is O=C1CN(OC(=O)P(=O)(O)O)C(=O)N1.[NaH]. The van der Waals surface area contributed by atoms with Gasteiger partial charge in [-0.15, -0.1) is 5.06 Å². The van der Waals surface area contributed by atoms with Gasteiger partial charge in [0.15, 0.2) is 0 Å². The first-order valence-electron chi connectivity index (χ1n) is 3.20. The molecule has 0 unspecified atom stereocenters. The first kappa shape index (κ1) is 14.6. The summed E-state index contributed by atoms with van der Waals surface area (Å²) in [4.78, 5) is 52.3. The van der Waals surface area contributed by atoms with Crippen LogP contribution in [0.25, 0.3) is 0 Å². The zero-order valence-corrected chi connectivity index (χ0v) is 7.43. The minimum absolute atomic E-state index is 0. The number of nitrogens with zero attached hydrogens (tertiary/aromatic N) is 1. The molecule has 1 saturated heterocycles. The summed E-state index contributed by atoms with van der Waals surface area (Å²) < 4.78 is 10.3. The second-order valence-electron chi connectivity index (χ2n) is 2.29. The van der Waals surface area contributed by atoms with E-state index in [1.807, 2.05) is 0 Å². The fraction of sp³-hybridized carbons (Fsp3) is 0.250. The maximum atomic E-state index is 10.7. The molecule has 1 aliphatic heterocycles. The monoisotopic (exact) mass is 248 g/mol. The summed E-state index contributed by atoms with van der Waals surface area (Å²) in [6.45, 7) is -0.579. The molecular weight excluding hydrogens is 242 g/mol. The number of carbonyl (C=O) groups excluding carboxylic acids is 3. The Balaban J connectivity index is 0.00000196. The number of nitrogens with one attached hydrogen (secondary N) is 1. The quantitative estimate of drug-likeness (QED) is 0.296. The van der Waals surface area contributed by atoms with Crippen LogP contribution in [0.15, 0.2) is 0 Å². The third-order valence-corrected chi connectivity index (χ3v) is 1.74. The van der Waals surface area contributed by atoms with E-state index in [-0.39, 0.29) is 34.6 Å². The van der Waals surface area contributed by atoms with Crippen LogP contribution in [0.4, 0.5) is 9.59 Å². The Labute approximate surface area is 105 Å². The second-order valence-corrected chi connectivity index (χ2v) is 3.74. The van der Waals surface area contributed by atoms with E-state index in [2.05, 4.69) is 4.84 Å². The molecule has 1 rings (SSSR count). The summed E-state index contributed by atoms with van der Waals surface area (Å²) in [6, 6.07) is -1.04. The van der Waals surface area contributed by atoms with Gasteiger partial charge in [0.1, 0.15) is 6.54 Å². The molecule has 0 aromatic rings. The molecule has 1 fully saturated rings. The fourth-order valence-electron chi connectivity index (χ4n) is 0.645. The average Bonchev–Trinajstić information content (AvgIpc) is 2.28. The number of hydrogen-bond acceptors (Lipinski definition) is 5. The van der Waals surface area contributed by atoms with Crippen molar-refractivity contribution in [2.24, 2.45) is 0 Å². The number of urea groups is 1. The van der Waals surface area contributed by atoms with Crippen LogP contribution >= 0.6 is 7.60 Å². The van der Waals surface area contributed by atoms with Crippen LogP contribution < -0.4 is 5.32 Å². The Kier molecular flexibility index (Phi) is 4.91. The van der Waals surface area contributed by atoms with Crippen molar-refractivity contribution in [2.45, 2.75) is 0 Å². The second kappa shape index (κ2) is 5.06. The van der Waals surface area contributed by atoms with Gasteiger partial charge in [-0.3, -0.25) is 10.1 Å². The van der Waals surface area contributed by atoms with Crippen LogP contribution in [0.2, 0.25) is 0 Å². The molecule has 0 aromatic carbocycles. The van der Waals surface area contributed by atoms with Crippen molar-refractivity contribution >= 4 is 54.8 Å². The van der Waals surface area contributed by atoms with Crippen molar-refractivity contribution < 1.29 is 33.6 Å². The predicted molar refractivity (Wildman–Crippen MR) is 45.9 cm³/mol. The standard InChI is InChI=1S/C4H5N2O7P.Na.H/c7-2-1-6(3(8)5-2)13-4(9)14(10,11)12;;/h1H2,(H,5,7,8)(H2,10,11,12);;. The van der Waals surface area contributed by atoms with Crippen LogP contribution in [0.3, 0.4) is 0 Å². The Morgan fingerprint density at radius 3 is 2.33 bits per heavy atom. The first-order valence-corrected chi connectivity index (χ1v) is 4.81. The van der Waals surface area contributed by atoms with Gasteiger partial charge in [-0.2, -0.15) is 0 Å². The first-order chi connectivity index (χ1) is 6.30. The van der Waals surface area contributed by atoms with Gasteiger partial charge in [-0.05, 0) is 0 Å².